The fraction of sp³-hybridized carbons (Fsp3) is 0.435. The molecule has 3 heteroatoms. The summed E-state index contributed by atoms with van der Waals surface area (Å²) in [5.41, 5.74) is 6.16. The van der Waals surface area contributed by atoms with E-state index in [1.807, 2.05) is 19.4 Å². The molecule has 0 N–H and O–H groups in total. The summed E-state index contributed by atoms with van der Waals surface area (Å²) < 4.78 is 5.94. The lowest BCUT2D eigenvalue weighted by atomic mass is 9.73. The largest absolute Gasteiger partial charge is 0.381 e. The molecule has 0 aliphatic heterocycles. The van der Waals surface area contributed by atoms with E-state index in [1.165, 1.54) is 28.8 Å². The number of hydrogen-bond donors (Lipinski definition) is 0. The first-order valence-corrected chi connectivity index (χ1v) is 9.65. The van der Waals surface area contributed by atoms with Crippen LogP contribution in [0.2, 0.25) is 0 Å². The molecule has 1 aliphatic carbocycles. The summed E-state index contributed by atoms with van der Waals surface area (Å²) in [6.07, 6.45) is 6.61. The molecule has 136 valence electrons. The first kappa shape index (κ1) is 19.0. The Morgan fingerprint density at radius 3 is 2.58 bits per heavy atom. The van der Waals surface area contributed by atoms with Crippen LogP contribution >= 0.6 is 11.6 Å². The van der Waals surface area contributed by atoms with Gasteiger partial charge in [0.2, 0.25) is 0 Å². The zero-order chi connectivity index (χ0) is 18.5. The van der Waals surface area contributed by atoms with Crippen LogP contribution in [0.4, 0.5) is 0 Å². The normalized spacial score (nSPS) is 22.5. The number of aryl methyl sites for hydroxylation is 2. The van der Waals surface area contributed by atoms with E-state index >= 15 is 0 Å². The Kier molecular flexibility index (Phi) is 6.35. The molecule has 2 nitrogen and oxygen atoms in total. The quantitative estimate of drug-likeness (QED) is 0.676. The first-order chi connectivity index (χ1) is 12.6. The van der Waals surface area contributed by atoms with Gasteiger partial charge >= 0.3 is 0 Å². The average molecular weight is 368 g/mol. The summed E-state index contributed by atoms with van der Waals surface area (Å²) in [5, 5.41) is 2.48. The number of hydrogen-bond acceptors (Lipinski definition) is 2. The van der Waals surface area contributed by atoms with Crippen LogP contribution in [-0.4, -0.2) is 18.2 Å². The SMILES string of the molecule is COC1CC(Cc2ccccn2)CCC1c1c(C)cc(C#CCl)cc1C. The van der Waals surface area contributed by atoms with E-state index < -0.39 is 0 Å². The summed E-state index contributed by atoms with van der Waals surface area (Å²) >= 11 is 5.57. The van der Waals surface area contributed by atoms with Gasteiger partial charge in [-0.05, 0) is 104 Å². The van der Waals surface area contributed by atoms with Crippen molar-refractivity contribution in [3.8, 4) is 11.3 Å². The molecular weight excluding hydrogens is 342 g/mol. The highest BCUT2D eigenvalue weighted by molar-refractivity contribution is 6.30. The van der Waals surface area contributed by atoms with Crippen molar-refractivity contribution >= 4 is 11.6 Å². The van der Waals surface area contributed by atoms with Gasteiger partial charge in [0, 0.05) is 35.9 Å². The minimum absolute atomic E-state index is 0.250. The maximum Gasteiger partial charge on any atom is 0.0642 e. The Balaban J connectivity index is 1.78. The number of aromatic nitrogens is 1. The van der Waals surface area contributed by atoms with E-state index in [2.05, 4.69) is 54.4 Å². The van der Waals surface area contributed by atoms with Gasteiger partial charge in [0.1, 0.15) is 0 Å². The Labute approximate surface area is 161 Å². The van der Waals surface area contributed by atoms with Gasteiger partial charge in [-0.3, -0.25) is 4.98 Å². The number of nitrogens with zero attached hydrogens (tertiary/aromatic N) is 1. The van der Waals surface area contributed by atoms with Gasteiger partial charge in [-0.1, -0.05) is 6.07 Å². The zero-order valence-electron chi connectivity index (χ0n) is 15.8. The van der Waals surface area contributed by atoms with E-state index in [-0.39, 0.29) is 6.10 Å². The minimum Gasteiger partial charge on any atom is -0.381 e. The third-order valence-corrected chi connectivity index (χ3v) is 5.68. The molecule has 1 heterocycles. The van der Waals surface area contributed by atoms with Crippen LogP contribution in [-0.2, 0) is 11.2 Å². The van der Waals surface area contributed by atoms with E-state index in [4.69, 9.17) is 16.3 Å². The van der Waals surface area contributed by atoms with E-state index in [0.29, 0.717) is 11.8 Å². The second-order valence-electron chi connectivity index (χ2n) is 7.33. The summed E-state index contributed by atoms with van der Waals surface area (Å²) in [4.78, 5) is 4.49. The standard InChI is InChI=1S/C23H26ClNO/c1-16-12-19(9-10-24)13-17(2)23(16)21-8-7-18(15-22(21)26-3)14-20-6-4-5-11-25-20/h4-6,11-13,18,21-22H,7-8,14-15H2,1-3H3. The molecule has 1 aliphatic rings. The Morgan fingerprint density at radius 1 is 1.19 bits per heavy atom. The minimum atomic E-state index is 0.250. The van der Waals surface area contributed by atoms with Gasteiger partial charge in [0.25, 0.3) is 0 Å². The summed E-state index contributed by atoms with van der Waals surface area (Å²) in [6, 6.07) is 10.5. The van der Waals surface area contributed by atoms with Crippen LogP contribution in [0.25, 0.3) is 0 Å². The summed E-state index contributed by atoms with van der Waals surface area (Å²) in [6.45, 7) is 4.35. The van der Waals surface area contributed by atoms with E-state index in [9.17, 15) is 0 Å². The second kappa shape index (κ2) is 8.71. The molecule has 1 fully saturated rings. The van der Waals surface area contributed by atoms with E-state index in [1.54, 1.807) is 0 Å². The number of pyridine rings is 1. The molecular formula is C23H26ClNO. The topological polar surface area (TPSA) is 22.1 Å². The Morgan fingerprint density at radius 2 is 1.96 bits per heavy atom. The molecule has 0 spiro atoms. The highest BCUT2D eigenvalue weighted by atomic mass is 35.5. The molecule has 1 saturated carbocycles. The van der Waals surface area contributed by atoms with Crippen molar-refractivity contribution in [2.24, 2.45) is 5.92 Å². The van der Waals surface area contributed by atoms with Crippen molar-refractivity contribution in [2.45, 2.75) is 51.6 Å². The molecule has 1 aromatic heterocycles. The third-order valence-electron chi connectivity index (χ3n) is 5.58. The Hall–Kier alpha value is -1.82. The smallest absolute Gasteiger partial charge is 0.0642 e. The van der Waals surface area contributed by atoms with Gasteiger partial charge in [0.05, 0.1) is 6.10 Å². The first-order valence-electron chi connectivity index (χ1n) is 9.27. The van der Waals surface area contributed by atoms with Crippen LogP contribution in [0.1, 0.15) is 53.1 Å². The lowest BCUT2D eigenvalue weighted by Crippen LogP contribution is -2.31. The van der Waals surface area contributed by atoms with Crippen LogP contribution in [0.5, 0.6) is 0 Å². The van der Waals surface area contributed by atoms with Crippen molar-refractivity contribution in [1.29, 1.82) is 0 Å². The van der Waals surface area contributed by atoms with Gasteiger partial charge in [-0.25, -0.2) is 0 Å². The zero-order valence-corrected chi connectivity index (χ0v) is 16.5. The van der Waals surface area contributed by atoms with Gasteiger partial charge < -0.3 is 4.74 Å². The van der Waals surface area contributed by atoms with Crippen LogP contribution in [0, 0.1) is 31.1 Å². The fourth-order valence-electron chi connectivity index (χ4n) is 4.49. The molecule has 3 rings (SSSR count). The lowest BCUT2D eigenvalue weighted by molar-refractivity contribution is 0.0320. The monoisotopic (exact) mass is 367 g/mol. The number of rotatable bonds is 4. The molecule has 3 atom stereocenters. The maximum absolute atomic E-state index is 5.94. The van der Waals surface area contributed by atoms with E-state index in [0.717, 1.165) is 24.8 Å². The van der Waals surface area contributed by atoms with Crippen molar-refractivity contribution in [3.05, 3.63) is 64.5 Å². The lowest BCUT2D eigenvalue weighted by Gasteiger charge is -2.37. The molecule has 3 unspecified atom stereocenters. The fourth-order valence-corrected chi connectivity index (χ4v) is 4.60. The highest BCUT2D eigenvalue weighted by Gasteiger charge is 2.33. The van der Waals surface area contributed by atoms with Gasteiger partial charge in [0.15, 0.2) is 0 Å². The van der Waals surface area contributed by atoms with Crippen molar-refractivity contribution in [2.75, 3.05) is 7.11 Å². The van der Waals surface area contributed by atoms with Crippen molar-refractivity contribution in [3.63, 3.8) is 0 Å². The molecule has 0 saturated heterocycles. The maximum atomic E-state index is 5.94. The van der Waals surface area contributed by atoms with Crippen molar-refractivity contribution < 1.29 is 4.74 Å². The number of halogens is 1. The molecule has 0 amide bonds. The molecule has 1 aromatic carbocycles. The van der Waals surface area contributed by atoms with Gasteiger partial charge in [-0.2, -0.15) is 0 Å². The predicted molar refractivity (Wildman–Crippen MR) is 107 cm³/mol. The van der Waals surface area contributed by atoms with Crippen molar-refractivity contribution in [1.82, 2.24) is 4.98 Å². The van der Waals surface area contributed by atoms with Gasteiger partial charge in [-0.15, -0.1) is 0 Å². The second-order valence-corrected chi connectivity index (χ2v) is 7.52. The molecule has 0 bridgehead atoms. The van der Waals surface area contributed by atoms with Crippen LogP contribution in [0.3, 0.4) is 0 Å². The average Bonchev–Trinajstić information content (AvgIpc) is 2.63. The number of benzene rings is 1. The molecule has 2 aromatic rings. The molecule has 0 radical (unpaired) electrons. The van der Waals surface area contributed by atoms with Crippen LogP contribution in [0.15, 0.2) is 36.5 Å². The number of methoxy groups -OCH3 is 1. The predicted octanol–water partition coefficient (Wildman–Crippen LogP) is 5.39. The third kappa shape index (κ3) is 4.29. The summed E-state index contributed by atoms with van der Waals surface area (Å²) in [7, 11) is 1.85. The molecule has 26 heavy (non-hydrogen) atoms. The Bertz CT molecular complexity index is 783. The number of ether oxygens (including phenoxy) is 1. The van der Waals surface area contributed by atoms with Crippen LogP contribution < -0.4 is 0 Å². The summed E-state index contributed by atoms with van der Waals surface area (Å²) in [5.74, 6) is 4.03. The highest BCUT2D eigenvalue weighted by Crippen LogP contribution is 2.41.